The molecule has 0 aliphatic heterocycles. The zero-order valence-corrected chi connectivity index (χ0v) is 42.1. The molecule has 0 N–H and O–H groups in total. The second kappa shape index (κ2) is 53.4. The van der Waals surface area contributed by atoms with Gasteiger partial charge in [0.15, 0.2) is 6.10 Å². The zero-order valence-electron chi connectivity index (χ0n) is 42.1. The van der Waals surface area contributed by atoms with Crippen LogP contribution in [0.25, 0.3) is 0 Å². The molecule has 0 spiro atoms. The second-order valence-electron chi connectivity index (χ2n) is 16.2. The normalized spacial score (nSPS) is 13.5. The summed E-state index contributed by atoms with van der Waals surface area (Å²) in [4.78, 5) is 38.0. The van der Waals surface area contributed by atoms with Gasteiger partial charge >= 0.3 is 17.9 Å². The van der Waals surface area contributed by atoms with Gasteiger partial charge in [-0.05, 0) is 96.3 Å². The average Bonchev–Trinajstić information content (AvgIpc) is 3.33. The predicted octanol–water partition coefficient (Wildman–Crippen LogP) is 17.2. The minimum Gasteiger partial charge on any atom is -0.462 e. The molecule has 6 heteroatoms. The third-order valence-electron chi connectivity index (χ3n) is 9.95. The molecule has 0 rings (SSSR count). The summed E-state index contributed by atoms with van der Waals surface area (Å²) < 4.78 is 16.7. The lowest BCUT2D eigenvalue weighted by Crippen LogP contribution is -2.30. The maximum absolute atomic E-state index is 12.8. The van der Waals surface area contributed by atoms with Crippen molar-refractivity contribution in [2.24, 2.45) is 0 Å². The van der Waals surface area contributed by atoms with Crippen molar-refractivity contribution in [3.05, 3.63) is 170 Å². The molecule has 1 atom stereocenters. The highest BCUT2D eigenvalue weighted by Gasteiger charge is 2.19. The molecular weight excluding hydrogens is 829 g/mol. The number of hydrogen-bond donors (Lipinski definition) is 0. The van der Waals surface area contributed by atoms with Crippen LogP contribution in [0.2, 0.25) is 0 Å². The molecule has 0 bridgehead atoms. The summed E-state index contributed by atoms with van der Waals surface area (Å²) in [7, 11) is 0. The number of hydrogen-bond acceptors (Lipinski definition) is 6. The topological polar surface area (TPSA) is 78.9 Å². The SMILES string of the molecule is CC/C=C/C=C/C=C/C=C/C=C/C=C/CCCCCC(=O)OC(COC(=O)CCCCC/C=C/C=C/C=C/C=C/CC)COC(=O)CCCCCCCC/C=C/C/C=C/C/C=C/C/C=C/CC. The lowest BCUT2D eigenvalue weighted by Gasteiger charge is -2.18. The van der Waals surface area contributed by atoms with E-state index in [0.29, 0.717) is 12.8 Å². The van der Waals surface area contributed by atoms with Crippen molar-refractivity contribution in [2.75, 3.05) is 13.2 Å². The van der Waals surface area contributed by atoms with Crippen LogP contribution < -0.4 is 0 Å². The van der Waals surface area contributed by atoms with E-state index in [2.05, 4.69) is 93.7 Å². The molecule has 0 aliphatic rings. The molecule has 0 aromatic heterocycles. The lowest BCUT2D eigenvalue weighted by atomic mass is 10.1. The fourth-order valence-corrected chi connectivity index (χ4v) is 6.18. The summed E-state index contributed by atoms with van der Waals surface area (Å²) >= 11 is 0. The number of carbonyl (C=O) groups is 3. The van der Waals surface area contributed by atoms with Gasteiger partial charge in [0.1, 0.15) is 13.2 Å². The standard InChI is InChI=1S/C61H90O6/c1-4-7-10-13-16-19-22-25-27-29-30-32-33-36-39-42-45-48-51-54-60(63)66-57-58(56-65-59(62)53-50-47-44-41-38-35-24-21-18-15-12-9-6-3)67-61(64)55-52-49-46-43-40-37-34-31-28-26-23-20-17-14-11-8-5-2/h7-12,14-21,23-28,30-32,34-35,37-38,40,58H,4-6,13,22,29,33,36,39,41-57H2,1-3H3/b10-7+,11-8+,12-9+,17-14+,18-15+,19-16+,23-20+,24-21+,27-25+,28-26+,32-30+,34-31+,38-35+,40-37+. The predicted molar refractivity (Wildman–Crippen MR) is 288 cm³/mol. The van der Waals surface area contributed by atoms with Crippen molar-refractivity contribution in [1.29, 1.82) is 0 Å². The fraction of sp³-hybridized carbons (Fsp3) is 0.492. The Morgan fingerprint density at radius 2 is 0.612 bits per heavy atom. The molecule has 0 saturated heterocycles. The third-order valence-corrected chi connectivity index (χ3v) is 9.95. The first-order chi connectivity index (χ1) is 33.0. The van der Waals surface area contributed by atoms with E-state index < -0.39 is 6.10 Å². The van der Waals surface area contributed by atoms with Gasteiger partial charge in [-0.1, -0.05) is 229 Å². The van der Waals surface area contributed by atoms with Gasteiger partial charge in [-0.2, -0.15) is 0 Å². The van der Waals surface area contributed by atoms with E-state index in [1.807, 2.05) is 97.2 Å². The van der Waals surface area contributed by atoms with Crippen LogP contribution in [-0.4, -0.2) is 37.2 Å². The van der Waals surface area contributed by atoms with Crippen LogP contribution in [0.15, 0.2) is 170 Å². The van der Waals surface area contributed by atoms with Crippen LogP contribution in [0.3, 0.4) is 0 Å². The molecule has 6 nitrogen and oxygen atoms in total. The van der Waals surface area contributed by atoms with Crippen LogP contribution in [0.5, 0.6) is 0 Å². The number of carbonyl (C=O) groups excluding carboxylic acids is 3. The largest absolute Gasteiger partial charge is 0.462 e. The Hall–Kier alpha value is -5.23. The molecule has 0 amide bonds. The van der Waals surface area contributed by atoms with Crippen molar-refractivity contribution in [3.8, 4) is 0 Å². The Bertz CT molecular complexity index is 1620. The molecule has 0 heterocycles. The summed E-state index contributed by atoms with van der Waals surface area (Å²) in [5.74, 6) is -1.04. The van der Waals surface area contributed by atoms with Gasteiger partial charge in [0.05, 0.1) is 0 Å². The van der Waals surface area contributed by atoms with Crippen molar-refractivity contribution in [1.82, 2.24) is 0 Å². The summed E-state index contributed by atoms with van der Waals surface area (Å²) in [6.07, 6.45) is 79.0. The van der Waals surface area contributed by atoms with E-state index in [4.69, 9.17) is 14.2 Å². The lowest BCUT2D eigenvalue weighted by molar-refractivity contribution is -0.167. The molecule has 0 saturated carbocycles. The Labute approximate surface area is 409 Å². The minimum atomic E-state index is -0.833. The van der Waals surface area contributed by atoms with Crippen molar-refractivity contribution in [3.63, 3.8) is 0 Å². The molecule has 0 fully saturated rings. The maximum Gasteiger partial charge on any atom is 0.306 e. The molecule has 0 aromatic carbocycles. The Kier molecular flexibility index (Phi) is 49.2. The Morgan fingerprint density at radius 1 is 0.313 bits per heavy atom. The van der Waals surface area contributed by atoms with Crippen LogP contribution in [0, 0.1) is 0 Å². The summed E-state index contributed by atoms with van der Waals surface area (Å²) in [6, 6.07) is 0. The van der Waals surface area contributed by atoms with Crippen molar-refractivity contribution < 1.29 is 28.6 Å². The van der Waals surface area contributed by atoms with Crippen LogP contribution in [0.1, 0.15) is 175 Å². The smallest absolute Gasteiger partial charge is 0.306 e. The van der Waals surface area contributed by atoms with Crippen LogP contribution in [-0.2, 0) is 28.6 Å². The number of unbranched alkanes of at least 4 members (excludes halogenated alkanes) is 12. The monoisotopic (exact) mass is 919 g/mol. The van der Waals surface area contributed by atoms with E-state index in [9.17, 15) is 14.4 Å². The fourth-order valence-electron chi connectivity index (χ4n) is 6.18. The third kappa shape index (κ3) is 51.6. The van der Waals surface area contributed by atoms with Gasteiger partial charge in [-0.3, -0.25) is 14.4 Å². The van der Waals surface area contributed by atoms with Crippen LogP contribution in [0.4, 0.5) is 0 Å². The summed E-state index contributed by atoms with van der Waals surface area (Å²) in [5, 5.41) is 0. The number of ether oxygens (including phenoxy) is 3. The molecule has 67 heavy (non-hydrogen) atoms. The average molecular weight is 919 g/mol. The Morgan fingerprint density at radius 3 is 1.03 bits per heavy atom. The quantitative estimate of drug-likeness (QED) is 0.0199. The van der Waals surface area contributed by atoms with E-state index in [1.165, 1.54) is 12.8 Å². The molecule has 0 aliphatic carbocycles. The first-order valence-electron chi connectivity index (χ1n) is 25.8. The van der Waals surface area contributed by atoms with Gasteiger partial charge < -0.3 is 14.2 Å². The van der Waals surface area contributed by atoms with Crippen LogP contribution >= 0.6 is 0 Å². The van der Waals surface area contributed by atoms with E-state index in [0.717, 1.165) is 116 Å². The molecule has 370 valence electrons. The van der Waals surface area contributed by atoms with Gasteiger partial charge in [-0.15, -0.1) is 0 Å². The maximum atomic E-state index is 12.8. The van der Waals surface area contributed by atoms with Gasteiger partial charge in [0, 0.05) is 19.3 Å². The van der Waals surface area contributed by atoms with Gasteiger partial charge in [-0.25, -0.2) is 0 Å². The Balaban J connectivity index is 4.59. The summed E-state index contributed by atoms with van der Waals surface area (Å²) in [6.45, 7) is 6.12. The first-order valence-corrected chi connectivity index (χ1v) is 25.8. The highest BCUT2D eigenvalue weighted by molar-refractivity contribution is 5.71. The summed E-state index contributed by atoms with van der Waals surface area (Å²) in [5.41, 5.74) is 0. The van der Waals surface area contributed by atoms with Gasteiger partial charge in [0.25, 0.3) is 0 Å². The highest BCUT2D eigenvalue weighted by Crippen LogP contribution is 2.12. The van der Waals surface area contributed by atoms with E-state index in [1.54, 1.807) is 0 Å². The number of allylic oxidation sites excluding steroid dienone is 28. The zero-order chi connectivity index (χ0) is 48.6. The minimum absolute atomic E-state index is 0.126. The molecular formula is C61H90O6. The molecule has 1 unspecified atom stereocenters. The number of rotatable bonds is 43. The number of esters is 3. The second-order valence-corrected chi connectivity index (χ2v) is 16.2. The first kappa shape index (κ1) is 61.8. The molecule has 0 radical (unpaired) electrons. The van der Waals surface area contributed by atoms with Crippen molar-refractivity contribution >= 4 is 17.9 Å². The molecule has 0 aromatic rings. The highest BCUT2D eigenvalue weighted by atomic mass is 16.6. The van der Waals surface area contributed by atoms with E-state index >= 15 is 0 Å². The van der Waals surface area contributed by atoms with E-state index in [-0.39, 0.29) is 44.0 Å². The van der Waals surface area contributed by atoms with Crippen molar-refractivity contribution in [2.45, 2.75) is 181 Å². The van der Waals surface area contributed by atoms with Gasteiger partial charge in [0.2, 0.25) is 0 Å².